The molecule has 0 radical (unpaired) electrons. The Morgan fingerprint density at radius 3 is 1.14 bits per heavy atom. The number of aromatic nitrogens is 2. The lowest BCUT2D eigenvalue weighted by Crippen LogP contribution is -2.44. The second kappa shape index (κ2) is 7.91. The molecule has 0 spiro atoms. The van der Waals surface area contributed by atoms with Crippen LogP contribution in [0.5, 0.6) is 0 Å². The van der Waals surface area contributed by atoms with Gasteiger partial charge in [0.2, 0.25) is 0 Å². The third kappa shape index (κ3) is 2.94. The number of nitrogens with zero attached hydrogens (tertiary/aromatic N) is 4. The maximum atomic E-state index is 13.6. The number of hydrogen-bond donors (Lipinski definition) is 0. The van der Waals surface area contributed by atoms with Crippen LogP contribution >= 0.6 is 0 Å². The van der Waals surface area contributed by atoms with Crippen LogP contribution in [0.3, 0.4) is 0 Å². The Kier molecular flexibility index (Phi) is 4.79. The molecule has 8 nitrogen and oxygen atoms in total. The zero-order valence-corrected chi connectivity index (χ0v) is 19.5. The lowest BCUT2D eigenvalue weighted by Gasteiger charge is -2.35. The summed E-state index contributed by atoms with van der Waals surface area (Å²) < 4.78 is 0. The summed E-state index contributed by atoms with van der Waals surface area (Å²) in [6.07, 6.45) is 3.22. The zero-order chi connectivity index (χ0) is 25.1. The Labute approximate surface area is 206 Å². The van der Waals surface area contributed by atoms with Gasteiger partial charge in [0.15, 0.2) is 0 Å². The maximum Gasteiger partial charge on any atom is 0.262 e. The lowest BCUT2D eigenvalue weighted by molar-refractivity contribution is 0.0524. The Hall–Kier alpha value is -4.72. The van der Waals surface area contributed by atoms with Gasteiger partial charge in [-0.2, -0.15) is 0 Å². The molecule has 2 atom stereocenters. The molecule has 0 saturated heterocycles. The van der Waals surface area contributed by atoms with E-state index in [9.17, 15) is 19.2 Å². The molecule has 0 saturated carbocycles. The molecule has 0 aliphatic carbocycles. The number of hydrogen-bond acceptors (Lipinski definition) is 6. The zero-order valence-electron chi connectivity index (χ0n) is 19.5. The predicted molar refractivity (Wildman–Crippen MR) is 130 cm³/mol. The van der Waals surface area contributed by atoms with Crippen molar-refractivity contribution < 1.29 is 19.2 Å². The van der Waals surface area contributed by atoms with Crippen molar-refractivity contribution in [2.24, 2.45) is 0 Å². The third-order valence-corrected chi connectivity index (χ3v) is 6.96. The SMILES string of the molecule is C[C@@H](c1ccccn1)N1C(=O)c2ccc3c4c(ccc(c24)C1=O)C(=O)N([C@@H](C)c1ccccn1)C3=O. The van der Waals surface area contributed by atoms with E-state index in [1.165, 1.54) is 9.80 Å². The van der Waals surface area contributed by atoms with Gasteiger partial charge < -0.3 is 0 Å². The van der Waals surface area contributed by atoms with E-state index in [1.807, 2.05) is 0 Å². The number of carbonyl (C=O) groups is 4. The number of benzene rings is 2. The summed E-state index contributed by atoms with van der Waals surface area (Å²) >= 11 is 0. The number of rotatable bonds is 4. The van der Waals surface area contributed by atoms with E-state index in [4.69, 9.17) is 0 Å². The van der Waals surface area contributed by atoms with Crippen LogP contribution in [-0.4, -0.2) is 43.4 Å². The van der Waals surface area contributed by atoms with Gasteiger partial charge in [-0.15, -0.1) is 0 Å². The highest BCUT2D eigenvalue weighted by molar-refractivity contribution is 6.33. The average molecular weight is 476 g/mol. The Morgan fingerprint density at radius 1 is 0.528 bits per heavy atom. The largest absolute Gasteiger partial charge is 0.269 e. The van der Waals surface area contributed by atoms with Gasteiger partial charge in [0.1, 0.15) is 0 Å². The van der Waals surface area contributed by atoms with Gasteiger partial charge in [-0.25, -0.2) is 0 Å². The van der Waals surface area contributed by atoms with Gasteiger partial charge >= 0.3 is 0 Å². The summed E-state index contributed by atoms with van der Waals surface area (Å²) in [6.45, 7) is 3.49. The number of amides is 4. The van der Waals surface area contributed by atoms with E-state index in [0.717, 1.165) is 0 Å². The minimum atomic E-state index is -0.598. The van der Waals surface area contributed by atoms with E-state index in [1.54, 1.807) is 86.9 Å². The van der Waals surface area contributed by atoms with Gasteiger partial charge in [0.05, 0.1) is 23.5 Å². The Bertz CT molecular complexity index is 1410. The minimum absolute atomic E-state index is 0.278. The van der Waals surface area contributed by atoms with Gasteiger partial charge in [0.25, 0.3) is 23.6 Å². The molecule has 4 amide bonds. The fourth-order valence-corrected chi connectivity index (χ4v) is 5.13. The van der Waals surface area contributed by atoms with E-state index >= 15 is 0 Å². The Morgan fingerprint density at radius 2 is 0.861 bits per heavy atom. The molecule has 2 aromatic heterocycles. The molecule has 36 heavy (non-hydrogen) atoms. The van der Waals surface area contributed by atoms with Crippen molar-refractivity contribution >= 4 is 34.4 Å². The van der Waals surface area contributed by atoms with Crippen LogP contribution in [0.15, 0.2) is 73.1 Å². The number of pyridine rings is 2. The summed E-state index contributed by atoms with van der Waals surface area (Å²) in [6, 6.07) is 15.7. The standard InChI is InChI=1S/C28H20N4O4/c1-15(21-7-3-5-13-29-21)31-25(33)17-9-11-19-24-20(12-10-18(23(17)24)26(31)34)28(36)32(27(19)35)16(2)22-8-4-6-14-30-22/h3-16H,1-2H3/t15-,16-/m0/s1. The van der Waals surface area contributed by atoms with Crippen molar-refractivity contribution in [1.82, 2.24) is 19.8 Å². The summed E-state index contributed by atoms with van der Waals surface area (Å²) in [4.78, 5) is 65.2. The number of imide groups is 2. The molecular formula is C28H20N4O4. The molecule has 4 heterocycles. The summed E-state index contributed by atoms with van der Waals surface area (Å²) in [5.41, 5.74) is 2.27. The normalized spacial score (nSPS) is 16.5. The van der Waals surface area contributed by atoms with Gasteiger partial charge in [0, 0.05) is 45.4 Å². The van der Waals surface area contributed by atoms with Crippen molar-refractivity contribution in [2.75, 3.05) is 0 Å². The Balaban J connectivity index is 1.49. The van der Waals surface area contributed by atoms with Gasteiger partial charge in [-0.3, -0.25) is 38.9 Å². The second-order valence-corrected chi connectivity index (χ2v) is 8.89. The highest BCUT2D eigenvalue weighted by Gasteiger charge is 2.42. The molecule has 2 aliphatic rings. The second-order valence-electron chi connectivity index (χ2n) is 8.89. The van der Waals surface area contributed by atoms with Gasteiger partial charge in [-0.1, -0.05) is 12.1 Å². The fourth-order valence-electron chi connectivity index (χ4n) is 5.13. The first-order valence-electron chi connectivity index (χ1n) is 11.6. The van der Waals surface area contributed by atoms with Crippen molar-refractivity contribution in [3.63, 3.8) is 0 Å². The molecule has 0 bridgehead atoms. The van der Waals surface area contributed by atoms with E-state index < -0.39 is 35.7 Å². The molecule has 2 aliphatic heterocycles. The molecule has 0 unspecified atom stereocenters. The monoisotopic (exact) mass is 476 g/mol. The number of carbonyl (C=O) groups excluding carboxylic acids is 4. The highest BCUT2D eigenvalue weighted by Crippen LogP contribution is 2.41. The molecule has 2 aromatic carbocycles. The average Bonchev–Trinajstić information content (AvgIpc) is 2.91. The minimum Gasteiger partial charge on any atom is -0.269 e. The summed E-state index contributed by atoms with van der Waals surface area (Å²) in [5, 5.41) is 0.688. The van der Waals surface area contributed by atoms with Crippen LogP contribution in [0, 0.1) is 0 Å². The van der Waals surface area contributed by atoms with E-state index in [2.05, 4.69) is 9.97 Å². The quantitative estimate of drug-likeness (QED) is 0.406. The van der Waals surface area contributed by atoms with Crippen LogP contribution < -0.4 is 0 Å². The molecule has 0 fully saturated rings. The molecule has 8 heteroatoms. The topological polar surface area (TPSA) is 101 Å². The van der Waals surface area contributed by atoms with Crippen LogP contribution in [0.25, 0.3) is 10.8 Å². The van der Waals surface area contributed by atoms with Crippen LogP contribution in [0.2, 0.25) is 0 Å². The highest BCUT2D eigenvalue weighted by atomic mass is 16.2. The molecular weight excluding hydrogens is 456 g/mol. The molecule has 6 rings (SSSR count). The summed E-state index contributed by atoms with van der Waals surface area (Å²) in [5.74, 6) is -1.95. The molecule has 0 N–H and O–H groups in total. The van der Waals surface area contributed by atoms with Crippen molar-refractivity contribution in [3.8, 4) is 0 Å². The first-order chi connectivity index (χ1) is 17.4. The van der Waals surface area contributed by atoms with Crippen LogP contribution in [0.4, 0.5) is 0 Å². The summed E-state index contributed by atoms with van der Waals surface area (Å²) in [7, 11) is 0. The van der Waals surface area contributed by atoms with Gasteiger partial charge in [-0.05, 0) is 62.4 Å². The first-order valence-corrected chi connectivity index (χ1v) is 11.6. The first kappa shape index (κ1) is 21.8. The van der Waals surface area contributed by atoms with Crippen molar-refractivity contribution in [2.45, 2.75) is 25.9 Å². The van der Waals surface area contributed by atoms with Crippen LogP contribution in [-0.2, 0) is 0 Å². The third-order valence-electron chi connectivity index (χ3n) is 6.96. The molecule has 4 aromatic rings. The van der Waals surface area contributed by atoms with Crippen LogP contribution in [0.1, 0.15) is 78.8 Å². The predicted octanol–water partition coefficient (Wildman–Crippen LogP) is 4.34. The van der Waals surface area contributed by atoms with Crippen molar-refractivity contribution in [1.29, 1.82) is 0 Å². The molecule has 176 valence electrons. The lowest BCUT2D eigenvalue weighted by atomic mass is 9.85. The van der Waals surface area contributed by atoms with Crippen molar-refractivity contribution in [3.05, 3.63) is 107 Å². The van der Waals surface area contributed by atoms with E-state index in [-0.39, 0.29) is 22.3 Å². The van der Waals surface area contributed by atoms with E-state index in [0.29, 0.717) is 22.2 Å². The maximum absolute atomic E-state index is 13.6. The fraction of sp³-hybridized carbons (Fsp3) is 0.143. The smallest absolute Gasteiger partial charge is 0.262 e.